The highest BCUT2D eigenvalue weighted by Crippen LogP contribution is 2.28. The lowest BCUT2D eigenvalue weighted by atomic mass is 10.1. The summed E-state index contributed by atoms with van der Waals surface area (Å²) in [5.41, 5.74) is 2.67. The minimum absolute atomic E-state index is 0.920. The van der Waals surface area contributed by atoms with Crippen molar-refractivity contribution in [1.29, 1.82) is 0 Å². The van der Waals surface area contributed by atoms with Gasteiger partial charge in [0.2, 0.25) is 0 Å². The summed E-state index contributed by atoms with van der Waals surface area (Å²) in [6.45, 7) is 2.14. The van der Waals surface area contributed by atoms with E-state index in [9.17, 15) is 0 Å². The number of aryl methyl sites for hydroxylation is 1. The molecule has 1 aromatic carbocycles. The van der Waals surface area contributed by atoms with E-state index in [0.29, 0.717) is 0 Å². The fourth-order valence-electron chi connectivity index (χ4n) is 1.98. The van der Waals surface area contributed by atoms with Crippen LogP contribution in [0.4, 0.5) is 0 Å². The molecule has 0 saturated carbocycles. The van der Waals surface area contributed by atoms with Gasteiger partial charge in [0.15, 0.2) is 11.0 Å². The maximum atomic E-state index is 4.30. The number of aromatic nitrogens is 3. The molecule has 0 N–H and O–H groups in total. The largest absolute Gasteiger partial charge is 0.304 e. The lowest BCUT2D eigenvalue weighted by Crippen LogP contribution is -1.94. The van der Waals surface area contributed by atoms with Gasteiger partial charge in [0, 0.05) is 12.8 Å². The van der Waals surface area contributed by atoms with E-state index in [4.69, 9.17) is 0 Å². The zero-order chi connectivity index (χ0) is 13.9. The highest BCUT2D eigenvalue weighted by molar-refractivity contribution is 7.98. The minimum Gasteiger partial charge on any atom is -0.304 e. The molecule has 0 amide bonds. The van der Waals surface area contributed by atoms with E-state index in [1.807, 2.05) is 13.1 Å². The minimum atomic E-state index is 0.920. The molecule has 3 nitrogen and oxygen atoms in total. The number of nitrogens with zero attached hydrogens (tertiary/aromatic N) is 3. The smallest absolute Gasteiger partial charge is 0.191 e. The number of rotatable bonds is 4. The van der Waals surface area contributed by atoms with E-state index in [0.717, 1.165) is 21.6 Å². The molecule has 0 aliphatic carbocycles. The van der Waals surface area contributed by atoms with Crippen LogP contribution in [0, 0.1) is 6.92 Å². The van der Waals surface area contributed by atoms with Crippen molar-refractivity contribution in [1.82, 2.24) is 14.8 Å². The summed E-state index contributed by atoms with van der Waals surface area (Å²) < 4.78 is 2.06. The van der Waals surface area contributed by atoms with Crippen molar-refractivity contribution < 1.29 is 0 Å². The molecule has 2 heterocycles. The van der Waals surface area contributed by atoms with Gasteiger partial charge >= 0.3 is 0 Å². The second kappa shape index (κ2) is 5.81. The average Bonchev–Trinajstić information content (AvgIpc) is 3.08. The van der Waals surface area contributed by atoms with Crippen LogP contribution in [-0.2, 0) is 12.8 Å². The molecule has 102 valence electrons. The Labute approximate surface area is 126 Å². The molecule has 0 saturated heterocycles. The van der Waals surface area contributed by atoms with Crippen LogP contribution in [0.15, 0.2) is 46.9 Å². The predicted molar refractivity (Wildman–Crippen MR) is 85.1 cm³/mol. The summed E-state index contributed by atoms with van der Waals surface area (Å²) in [7, 11) is 2.02. The summed E-state index contributed by atoms with van der Waals surface area (Å²) >= 11 is 3.41. The average molecular weight is 301 g/mol. The summed E-state index contributed by atoms with van der Waals surface area (Å²) in [6, 6.07) is 12.6. The van der Waals surface area contributed by atoms with Crippen LogP contribution >= 0.6 is 23.1 Å². The second-order valence-corrected chi connectivity index (χ2v) is 6.45. The zero-order valence-corrected chi connectivity index (χ0v) is 13.0. The van der Waals surface area contributed by atoms with E-state index in [2.05, 4.69) is 57.4 Å². The van der Waals surface area contributed by atoms with Gasteiger partial charge in [-0.25, -0.2) is 0 Å². The Morgan fingerprint density at radius 2 is 2.00 bits per heavy atom. The van der Waals surface area contributed by atoms with Gasteiger partial charge in [-0.05, 0) is 29.5 Å². The van der Waals surface area contributed by atoms with E-state index in [1.54, 1.807) is 23.1 Å². The predicted octanol–water partition coefficient (Wildman–Crippen LogP) is 4.14. The second-order valence-electron chi connectivity index (χ2n) is 4.56. The molecule has 0 radical (unpaired) electrons. The molecule has 0 aliphatic rings. The standard InChI is InChI=1S/C15H15N3S2/c1-11-6-3-4-7-12(11)10-20-15-17-16-14(18(15)2)13-8-5-9-19-13/h3-9H,10H2,1-2H3. The highest BCUT2D eigenvalue weighted by Gasteiger charge is 2.12. The molecule has 0 spiro atoms. The Hall–Kier alpha value is -1.59. The van der Waals surface area contributed by atoms with Crippen molar-refractivity contribution in [2.24, 2.45) is 7.05 Å². The molecule has 0 fully saturated rings. The Balaban J connectivity index is 1.78. The first-order chi connectivity index (χ1) is 9.75. The van der Waals surface area contributed by atoms with Gasteiger partial charge in [-0.15, -0.1) is 21.5 Å². The van der Waals surface area contributed by atoms with Crippen LogP contribution in [0.1, 0.15) is 11.1 Å². The van der Waals surface area contributed by atoms with Crippen LogP contribution in [0.3, 0.4) is 0 Å². The van der Waals surface area contributed by atoms with Crippen molar-refractivity contribution in [3.05, 3.63) is 52.9 Å². The molecule has 3 aromatic rings. The summed E-state index contributed by atoms with van der Waals surface area (Å²) in [6.07, 6.45) is 0. The molecular formula is C15H15N3S2. The molecule has 0 unspecified atom stereocenters. The monoisotopic (exact) mass is 301 g/mol. The molecule has 2 aromatic heterocycles. The van der Waals surface area contributed by atoms with Crippen LogP contribution in [0.5, 0.6) is 0 Å². The normalized spacial score (nSPS) is 10.9. The number of hydrogen-bond acceptors (Lipinski definition) is 4. The molecule has 5 heteroatoms. The van der Waals surface area contributed by atoms with Gasteiger partial charge in [-0.3, -0.25) is 0 Å². The lowest BCUT2D eigenvalue weighted by molar-refractivity contribution is 0.794. The Morgan fingerprint density at radius 3 is 2.75 bits per heavy atom. The number of thioether (sulfide) groups is 1. The van der Waals surface area contributed by atoms with Crippen molar-refractivity contribution in [3.63, 3.8) is 0 Å². The SMILES string of the molecule is Cc1ccccc1CSc1nnc(-c2cccs2)n1C. The van der Waals surface area contributed by atoms with Gasteiger partial charge in [-0.2, -0.15) is 0 Å². The van der Waals surface area contributed by atoms with Crippen molar-refractivity contribution >= 4 is 23.1 Å². The molecule has 0 bridgehead atoms. The lowest BCUT2D eigenvalue weighted by Gasteiger charge is -2.05. The first kappa shape index (κ1) is 13.4. The third-order valence-corrected chi connectivity index (χ3v) is 5.13. The highest BCUT2D eigenvalue weighted by atomic mass is 32.2. The quantitative estimate of drug-likeness (QED) is 0.678. The Kier molecular flexibility index (Phi) is 3.89. The third kappa shape index (κ3) is 2.64. The maximum Gasteiger partial charge on any atom is 0.191 e. The topological polar surface area (TPSA) is 30.7 Å². The molecule has 0 atom stereocenters. The third-order valence-electron chi connectivity index (χ3n) is 3.19. The van der Waals surface area contributed by atoms with Crippen LogP contribution in [0.2, 0.25) is 0 Å². The fourth-order valence-corrected chi connectivity index (χ4v) is 3.71. The maximum absolute atomic E-state index is 4.30. The van der Waals surface area contributed by atoms with Crippen molar-refractivity contribution in [2.75, 3.05) is 0 Å². The van der Waals surface area contributed by atoms with E-state index in [1.165, 1.54) is 11.1 Å². The van der Waals surface area contributed by atoms with Crippen LogP contribution in [-0.4, -0.2) is 14.8 Å². The molecular weight excluding hydrogens is 286 g/mol. The van der Waals surface area contributed by atoms with E-state index >= 15 is 0 Å². The number of hydrogen-bond donors (Lipinski definition) is 0. The Morgan fingerprint density at radius 1 is 1.15 bits per heavy atom. The fraction of sp³-hybridized carbons (Fsp3) is 0.200. The van der Waals surface area contributed by atoms with Gasteiger partial charge < -0.3 is 4.57 Å². The van der Waals surface area contributed by atoms with E-state index in [-0.39, 0.29) is 0 Å². The zero-order valence-electron chi connectivity index (χ0n) is 11.4. The first-order valence-corrected chi connectivity index (χ1v) is 8.23. The number of benzene rings is 1. The van der Waals surface area contributed by atoms with E-state index < -0.39 is 0 Å². The summed E-state index contributed by atoms with van der Waals surface area (Å²) in [5, 5.41) is 11.6. The van der Waals surface area contributed by atoms with Crippen molar-refractivity contribution in [2.45, 2.75) is 17.8 Å². The molecule has 3 rings (SSSR count). The first-order valence-electron chi connectivity index (χ1n) is 6.36. The number of thiophene rings is 1. The van der Waals surface area contributed by atoms with Gasteiger partial charge in [0.05, 0.1) is 4.88 Å². The van der Waals surface area contributed by atoms with Gasteiger partial charge in [0.1, 0.15) is 0 Å². The molecule has 20 heavy (non-hydrogen) atoms. The van der Waals surface area contributed by atoms with Gasteiger partial charge in [-0.1, -0.05) is 42.1 Å². The van der Waals surface area contributed by atoms with Gasteiger partial charge in [0.25, 0.3) is 0 Å². The summed E-state index contributed by atoms with van der Waals surface area (Å²) in [5.74, 6) is 1.86. The van der Waals surface area contributed by atoms with Crippen molar-refractivity contribution in [3.8, 4) is 10.7 Å². The van der Waals surface area contributed by atoms with Crippen LogP contribution in [0.25, 0.3) is 10.7 Å². The van der Waals surface area contributed by atoms with Crippen LogP contribution < -0.4 is 0 Å². The molecule has 0 aliphatic heterocycles. The summed E-state index contributed by atoms with van der Waals surface area (Å²) in [4.78, 5) is 1.16. The Bertz CT molecular complexity index is 702.